The maximum absolute atomic E-state index is 13.3. The molecule has 0 saturated carbocycles. The average Bonchev–Trinajstić information content (AvgIpc) is 2.65. The van der Waals surface area contributed by atoms with Crippen molar-refractivity contribution in [2.75, 3.05) is 42.3 Å². The normalized spacial score (nSPS) is 14.6. The summed E-state index contributed by atoms with van der Waals surface area (Å²) in [6.45, 7) is 2.94. The van der Waals surface area contributed by atoms with Crippen LogP contribution in [0.25, 0.3) is 10.9 Å². The molecule has 0 aliphatic carbocycles. The zero-order chi connectivity index (χ0) is 18.1. The zero-order valence-corrected chi connectivity index (χ0v) is 14.6. The van der Waals surface area contributed by atoms with E-state index in [1.165, 1.54) is 18.5 Å². The molecule has 1 saturated heterocycles. The lowest BCUT2D eigenvalue weighted by atomic mass is 10.1. The second-order valence-electron chi connectivity index (χ2n) is 6.00. The highest BCUT2D eigenvalue weighted by Crippen LogP contribution is 2.33. The van der Waals surface area contributed by atoms with Gasteiger partial charge in [-0.2, -0.15) is 0 Å². The largest absolute Gasteiger partial charge is 0.397 e. The molecule has 1 aromatic heterocycles. The molecule has 8 heteroatoms. The third-order valence-electron chi connectivity index (χ3n) is 4.32. The fraction of sp³-hybridized carbons (Fsp3) is 0.222. The van der Waals surface area contributed by atoms with E-state index in [2.05, 4.69) is 20.2 Å². The third-order valence-corrected chi connectivity index (χ3v) is 4.61. The summed E-state index contributed by atoms with van der Waals surface area (Å²) in [6, 6.07) is 8.23. The molecule has 26 heavy (non-hydrogen) atoms. The molecule has 2 heterocycles. The summed E-state index contributed by atoms with van der Waals surface area (Å²) in [6.07, 6.45) is 1.48. The molecule has 0 bridgehead atoms. The molecule has 0 radical (unpaired) electrons. The molecular weight excluding hydrogens is 357 g/mol. The summed E-state index contributed by atoms with van der Waals surface area (Å²) >= 11 is 5.85. The SMILES string of the molecule is Nc1cc2c(Nc3ccc(F)c(Cl)c3)ncnc2cc1N1CCOCC1. The number of nitrogens with zero attached hydrogens (tertiary/aromatic N) is 3. The van der Waals surface area contributed by atoms with Crippen molar-refractivity contribution in [3.8, 4) is 0 Å². The number of fused-ring (bicyclic) bond motifs is 1. The molecule has 6 nitrogen and oxygen atoms in total. The van der Waals surface area contributed by atoms with Crippen LogP contribution in [0.5, 0.6) is 0 Å². The van der Waals surface area contributed by atoms with Crippen LogP contribution in [0, 0.1) is 5.82 Å². The summed E-state index contributed by atoms with van der Waals surface area (Å²) in [5, 5.41) is 3.97. The monoisotopic (exact) mass is 373 g/mol. The molecule has 0 unspecified atom stereocenters. The first-order valence-electron chi connectivity index (χ1n) is 8.21. The van der Waals surface area contributed by atoms with Crippen molar-refractivity contribution in [2.45, 2.75) is 0 Å². The molecule has 1 fully saturated rings. The third kappa shape index (κ3) is 3.23. The predicted molar refractivity (Wildman–Crippen MR) is 102 cm³/mol. The number of morpholine rings is 1. The lowest BCUT2D eigenvalue weighted by Gasteiger charge is -2.30. The van der Waals surface area contributed by atoms with E-state index in [-0.39, 0.29) is 5.02 Å². The van der Waals surface area contributed by atoms with E-state index in [4.69, 9.17) is 22.1 Å². The van der Waals surface area contributed by atoms with Gasteiger partial charge in [-0.15, -0.1) is 0 Å². The Labute approximate surface area is 154 Å². The first-order chi connectivity index (χ1) is 12.6. The van der Waals surface area contributed by atoms with Gasteiger partial charge in [0.25, 0.3) is 0 Å². The second-order valence-corrected chi connectivity index (χ2v) is 6.41. The Morgan fingerprint density at radius 2 is 1.96 bits per heavy atom. The standard InChI is InChI=1S/C18H17ClFN5O/c19-13-7-11(1-2-14(13)20)24-18-12-8-15(21)17(9-16(12)22-10-23-18)25-3-5-26-6-4-25/h1-2,7-10H,3-6,21H2,(H,22,23,24). The van der Waals surface area contributed by atoms with Crippen molar-refractivity contribution in [3.63, 3.8) is 0 Å². The van der Waals surface area contributed by atoms with Crippen molar-refractivity contribution < 1.29 is 9.13 Å². The molecule has 0 amide bonds. The maximum atomic E-state index is 13.3. The van der Waals surface area contributed by atoms with E-state index in [1.54, 1.807) is 6.07 Å². The van der Waals surface area contributed by atoms with Crippen LogP contribution in [0.3, 0.4) is 0 Å². The van der Waals surface area contributed by atoms with Crippen molar-refractivity contribution in [3.05, 3.63) is 47.5 Å². The van der Waals surface area contributed by atoms with Crippen molar-refractivity contribution in [1.29, 1.82) is 0 Å². The van der Waals surface area contributed by atoms with Gasteiger partial charge in [0.1, 0.15) is 18.0 Å². The minimum Gasteiger partial charge on any atom is -0.397 e. The second kappa shape index (κ2) is 6.93. The van der Waals surface area contributed by atoms with Crippen LogP contribution in [-0.4, -0.2) is 36.3 Å². The van der Waals surface area contributed by atoms with Gasteiger partial charge in [0, 0.05) is 24.2 Å². The quantitative estimate of drug-likeness (QED) is 0.683. The Balaban J connectivity index is 1.72. The highest BCUT2D eigenvalue weighted by atomic mass is 35.5. The van der Waals surface area contributed by atoms with Crippen LogP contribution in [0.2, 0.25) is 5.02 Å². The zero-order valence-electron chi connectivity index (χ0n) is 13.9. The number of hydrogen-bond donors (Lipinski definition) is 2. The van der Waals surface area contributed by atoms with Gasteiger partial charge in [-0.05, 0) is 30.3 Å². The number of benzene rings is 2. The number of halogens is 2. The highest BCUT2D eigenvalue weighted by Gasteiger charge is 2.16. The number of rotatable bonds is 3. The van der Waals surface area contributed by atoms with Gasteiger partial charge in [0.05, 0.1) is 35.1 Å². The summed E-state index contributed by atoms with van der Waals surface area (Å²) in [4.78, 5) is 10.8. The number of anilines is 4. The van der Waals surface area contributed by atoms with Crippen LogP contribution in [-0.2, 0) is 4.74 Å². The van der Waals surface area contributed by atoms with Gasteiger partial charge in [0.15, 0.2) is 0 Å². The minimum atomic E-state index is -0.468. The van der Waals surface area contributed by atoms with Gasteiger partial charge < -0.3 is 20.7 Å². The molecule has 1 aliphatic heterocycles. The summed E-state index contributed by atoms with van der Waals surface area (Å²) < 4.78 is 18.7. The Morgan fingerprint density at radius 1 is 1.15 bits per heavy atom. The van der Waals surface area contributed by atoms with Crippen molar-refractivity contribution in [1.82, 2.24) is 9.97 Å². The number of nitrogens with two attached hydrogens (primary N) is 1. The first kappa shape index (κ1) is 16.8. The maximum Gasteiger partial charge on any atom is 0.141 e. The highest BCUT2D eigenvalue weighted by molar-refractivity contribution is 6.31. The minimum absolute atomic E-state index is 0.0440. The van der Waals surface area contributed by atoms with E-state index in [0.29, 0.717) is 30.4 Å². The topological polar surface area (TPSA) is 76.3 Å². The molecule has 3 aromatic rings. The number of hydrogen-bond acceptors (Lipinski definition) is 6. The van der Waals surface area contributed by atoms with Gasteiger partial charge in [-0.1, -0.05) is 11.6 Å². The van der Waals surface area contributed by atoms with Crippen LogP contribution >= 0.6 is 11.6 Å². The van der Waals surface area contributed by atoms with Gasteiger partial charge >= 0.3 is 0 Å². The number of nitrogens with one attached hydrogen (secondary N) is 1. The van der Waals surface area contributed by atoms with Gasteiger partial charge in [-0.3, -0.25) is 0 Å². The van der Waals surface area contributed by atoms with Crippen LogP contribution in [0.1, 0.15) is 0 Å². The first-order valence-corrected chi connectivity index (χ1v) is 8.58. The molecule has 4 rings (SSSR count). The van der Waals surface area contributed by atoms with E-state index in [0.717, 1.165) is 29.7 Å². The Bertz CT molecular complexity index is 962. The molecule has 3 N–H and O–H groups in total. The number of aromatic nitrogens is 2. The van der Waals surface area contributed by atoms with Gasteiger partial charge in [-0.25, -0.2) is 14.4 Å². The van der Waals surface area contributed by atoms with Crippen LogP contribution in [0.15, 0.2) is 36.7 Å². The van der Waals surface area contributed by atoms with Crippen LogP contribution in [0.4, 0.5) is 27.3 Å². The fourth-order valence-corrected chi connectivity index (χ4v) is 3.18. The molecule has 134 valence electrons. The molecule has 1 aliphatic rings. The lowest BCUT2D eigenvalue weighted by molar-refractivity contribution is 0.123. The van der Waals surface area contributed by atoms with Crippen molar-refractivity contribution >= 4 is 45.4 Å². The number of ether oxygens (including phenoxy) is 1. The fourth-order valence-electron chi connectivity index (χ4n) is 3.00. The molecule has 0 spiro atoms. The molecule has 2 aromatic carbocycles. The summed E-state index contributed by atoms with van der Waals surface area (Å²) in [7, 11) is 0. The summed E-state index contributed by atoms with van der Waals surface area (Å²) in [5.74, 6) is 0.113. The Morgan fingerprint density at radius 3 is 2.73 bits per heavy atom. The van der Waals surface area contributed by atoms with Crippen molar-refractivity contribution in [2.24, 2.45) is 0 Å². The smallest absolute Gasteiger partial charge is 0.141 e. The van der Waals surface area contributed by atoms with Crippen LogP contribution < -0.4 is 16.0 Å². The predicted octanol–water partition coefficient (Wildman–Crippen LogP) is 3.58. The molecular formula is C18H17ClFN5O. The van der Waals surface area contributed by atoms with E-state index in [1.807, 2.05) is 12.1 Å². The van der Waals surface area contributed by atoms with Gasteiger partial charge in [0.2, 0.25) is 0 Å². The van der Waals surface area contributed by atoms with E-state index < -0.39 is 5.82 Å². The number of nitrogen functional groups attached to an aromatic ring is 1. The molecule has 0 atom stereocenters. The summed E-state index contributed by atoms with van der Waals surface area (Å²) in [5.41, 5.74) is 9.28. The lowest BCUT2D eigenvalue weighted by Crippen LogP contribution is -2.36. The van der Waals surface area contributed by atoms with E-state index >= 15 is 0 Å². The van der Waals surface area contributed by atoms with E-state index in [9.17, 15) is 4.39 Å². The average molecular weight is 374 g/mol. The Kier molecular flexibility index (Phi) is 4.48. The Hall–Kier alpha value is -2.64.